The fraction of sp³-hybridized carbons (Fsp3) is 0.250. The van der Waals surface area contributed by atoms with E-state index >= 15 is 0 Å². The van der Waals surface area contributed by atoms with Gasteiger partial charge in [-0.05, 0) is 43.7 Å². The number of unbranched alkanes of at least 4 members (excludes halogenated alkanes) is 1. The Balaban J connectivity index is 1.63. The summed E-state index contributed by atoms with van der Waals surface area (Å²) in [4.78, 5) is 12.4. The Morgan fingerprint density at radius 1 is 1.15 bits per heavy atom. The number of nitrogens with one attached hydrogen (secondary N) is 1. The van der Waals surface area contributed by atoms with Crippen LogP contribution in [0.3, 0.4) is 0 Å². The molecular weight excluding hydrogens is 346 g/mol. The number of amides is 1. The summed E-state index contributed by atoms with van der Waals surface area (Å²) in [6, 6.07) is 15.2. The lowest BCUT2D eigenvalue weighted by atomic mass is 10.1. The number of aromatic nitrogens is 2. The van der Waals surface area contributed by atoms with Gasteiger partial charge in [0.25, 0.3) is 5.91 Å². The summed E-state index contributed by atoms with van der Waals surface area (Å²) in [6.45, 7) is 4.84. The molecule has 0 bridgehead atoms. The van der Waals surface area contributed by atoms with E-state index in [2.05, 4.69) is 22.4 Å². The van der Waals surface area contributed by atoms with Gasteiger partial charge in [-0.15, -0.1) is 10.2 Å². The molecule has 1 heterocycles. The molecule has 0 fully saturated rings. The van der Waals surface area contributed by atoms with Crippen LogP contribution >= 0.6 is 11.3 Å². The molecule has 1 N–H and O–H groups in total. The fourth-order valence-electron chi connectivity index (χ4n) is 2.37. The third-order valence-corrected chi connectivity index (χ3v) is 4.68. The number of hydrogen-bond acceptors (Lipinski definition) is 5. The second-order valence-electron chi connectivity index (χ2n) is 5.96. The van der Waals surface area contributed by atoms with Crippen molar-refractivity contribution >= 4 is 22.4 Å². The van der Waals surface area contributed by atoms with Crippen LogP contribution in [0.25, 0.3) is 10.6 Å². The van der Waals surface area contributed by atoms with Gasteiger partial charge in [-0.3, -0.25) is 10.1 Å². The molecule has 6 heteroatoms. The first kappa shape index (κ1) is 18.1. The van der Waals surface area contributed by atoms with E-state index in [1.54, 1.807) is 12.1 Å². The molecule has 5 nitrogen and oxygen atoms in total. The molecule has 134 valence electrons. The summed E-state index contributed by atoms with van der Waals surface area (Å²) in [5, 5.41) is 12.3. The van der Waals surface area contributed by atoms with Gasteiger partial charge in [-0.2, -0.15) is 0 Å². The van der Waals surface area contributed by atoms with Crippen LogP contribution in [0.1, 0.15) is 35.7 Å². The van der Waals surface area contributed by atoms with Crippen molar-refractivity contribution in [2.75, 3.05) is 11.9 Å². The molecule has 0 saturated carbocycles. The van der Waals surface area contributed by atoms with Crippen molar-refractivity contribution in [3.05, 3.63) is 59.7 Å². The zero-order valence-electron chi connectivity index (χ0n) is 14.9. The minimum atomic E-state index is -0.211. The molecule has 0 aliphatic rings. The number of nitrogens with zero attached hydrogens (tertiary/aromatic N) is 2. The summed E-state index contributed by atoms with van der Waals surface area (Å²) in [6.07, 6.45) is 2.11. The monoisotopic (exact) mass is 367 g/mol. The molecule has 0 aliphatic heterocycles. The lowest BCUT2D eigenvalue weighted by molar-refractivity contribution is 0.102. The third-order valence-electron chi connectivity index (χ3n) is 3.79. The van der Waals surface area contributed by atoms with Gasteiger partial charge in [-0.1, -0.05) is 48.4 Å². The van der Waals surface area contributed by atoms with Crippen LogP contribution in [0, 0.1) is 6.92 Å². The fourth-order valence-corrected chi connectivity index (χ4v) is 3.11. The Labute approximate surface area is 157 Å². The molecule has 26 heavy (non-hydrogen) atoms. The van der Waals surface area contributed by atoms with Crippen molar-refractivity contribution < 1.29 is 9.53 Å². The molecule has 0 radical (unpaired) electrons. The van der Waals surface area contributed by atoms with Crippen molar-refractivity contribution in [1.29, 1.82) is 0 Å². The maximum atomic E-state index is 12.4. The summed E-state index contributed by atoms with van der Waals surface area (Å²) >= 11 is 1.36. The highest BCUT2D eigenvalue weighted by Gasteiger charge is 2.11. The molecule has 0 unspecified atom stereocenters. The molecule has 3 aromatic rings. The topological polar surface area (TPSA) is 64.1 Å². The summed E-state index contributed by atoms with van der Waals surface area (Å²) in [7, 11) is 0. The van der Waals surface area contributed by atoms with Gasteiger partial charge in [0.05, 0.1) is 6.61 Å². The number of carbonyl (C=O) groups is 1. The van der Waals surface area contributed by atoms with E-state index in [0.29, 0.717) is 17.3 Å². The van der Waals surface area contributed by atoms with Crippen molar-refractivity contribution in [3.63, 3.8) is 0 Å². The van der Waals surface area contributed by atoms with Gasteiger partial charge in [0.1, 0.15) is 10.8 Å². The van der Waals surface area contributed by atoms with Crippen LogP contribution < -0.4 is 10.1 Å². The molecule has 0 spiro atoms. The van der Waals surface area contributed by atoms with Crippen molar-refractivity contribution in [2.45, 2.75) is 26.7 Å². The van der Waals surface area contributed by atoms with Crippen LogP contribution in [0.15, 0.2) is 48.5 Å². The number of anilines is 1. The highest BCUT2D eigenvalue weighted by molar-refractivity contribution is 7.18. The quantitative estimate of drug-likeness (QED) is 0.601. The molecular formula is C20H21N3O2S. The largest absolute Gasteiger partial charge is 0.494 e. The molecule has 0 atom stereocenters. The number of aryl methyl sites for hydroxylation is 1. The summed E-state index contributed by atoms with van der Waals surface area (Å²) in [5.74, 6) is 0.560. The molecule has 0 aliphatic carbocycles. The van der Waals surface area contributed by atoms with E-state index in [0.717, 1.165) is 34.7 Å². The van der Waals surface area contributed by atoms with E-state index in [4.69, 9.17) is 4.74 Å². The number of ether oxygens (including phenoxy) is 1. The first-order valence-corrected chi connectivity index (χ1v) is 9.42. The Bertz CT molecular complexity index is 875. The summed E-state index contributed by atoms with van der Waals surface area (Å²) in [5.41, 5.74) is 2.71. The second-order valence-corrected chi connectivity index (χ2v) is 6.94. The molecule has 1 amide bonds. The molecule has 3 rings (SSSR count). The molecule has 2 aromatic carbocycles. The van der Waals surface area contributed by atoms with E-state index < -0.39 is 0 Å². The van der Waals surface area contributed by atoms with Crippen molar-refractivity contribution in [2.24, 2.45) is 0 Å². The maximum absolute atomic E-state index is 12.4. The highest BCUT2D eigenvalue weighted by atomic mass is 32.1. The highest BCUT2D eigenvalue weighted by Crippen LogP contribution is 2.27. The smallest absolute Gasteiger partial charge is 0.257 e. The summed E-state index contributed by atoms with van der Waals surface area (Å²) < 4.78 is 5.61. The lowest BCUT2D eigenvalue weighted by Gasteiger charge is -2.06. The first-order chi connectivity index (χ1) is 12.7. The van der Waals surface area contributed by atoms with Crippen LogP contribution in [-0.4, -0.2) is 22.7 Å². The van der Waals surface area contributed by atoms with Gasteiger partial charge in [-0.25, -0.2) is 0 Å². The first-order valence-electron chi connectivity index (χ1n) is 8.60. The number of benzene rings is 2. The van der Waals surface area contributed by atoms with Crippen LogP contribution in [0.2, 0.25) is 0 Å². The van der Waals surface area contributed by atoms with Crippen molar-refractivity contribution in [1.82, 2.24) is 10.2 Å². The zero-order valence-corrected chi connectivity index (χ0v) is 15.7. The Morgan fingerprint density at radius 2 is 1.96 bits per heavy atom. The van der Waals surface area contributed by atoms with Gasteiger partial charge in [0.2, 0.25) is 5.13 Å². The van der Waals surface area contributed by atoms with E-state index in [1.807, 2.05) is 43.3 Å². The molecule has 1 aromatic heterocycles. The van der Waals surface area contributed by atoms with E-state index in [1.165, 1.54) is 11.3 Å². The van der Waals surface area contributed by atoms with Crippen LogP contribution in [-0.2, 0) is 0 Å². The van der Waals surface area contributed by atoms with Crippen LogP contribution in [0.5, 0.6) is 5.75 Å². The van der Waals surface area contributed by atoms with Crippen LogP contribution in [0.4, 0.5) is 5.13 Å². The predicted molar refractivity (Wildman–Crippen MR) is 105 cm³/mol. The predicted octanol–water partition coefficient (Wildman–Crippen LogP) is 4.94. The number of hydrogen-bond donors (Lipinski definition) is 1. The third kappa shape index (κ3) is 4.67. The number of carbonyl (C=O) groups excluding carboxylic acids is 1. The second kappa shape index (κ2) is 8.58. The Kier molecular flexibility index (Phi) is 5.96. The minimum Gasteiger partial charge on any atom is -0.494 e. The van der Waals surface area contributed by atoms with Crippen molar-refractivity contribution in [3.8, 4) is 16.3 Å². The van der Waals surface area contributed by atoms with Gasteiger partial charge >= 0.3 is 0 Å². The Hall–Kier alpha value is -2.73. The number of rotatable bonds is 7. The zero-order chi connectivity index (χ0) is 18.4. The van der Waals surface area contributed by atoms with Gasteiger partial charge < -0.3 is 4.74 Å². The SMILES string of the molecule is CCCCOc1ccc(C(=O)Nc2nnc(-c3cccc(C)c3)s2)cc1. The van der Waals surface area contributed by atoms with Gasteiger partial charge in [0.15, 0.2) is 0 Å². The molecule has 0 saturated heterocycles. The van der Waals surface area contributed by atoms with Gasteiger partial charge in [0, 0.05) is 11.1 Å². The average molecular weight is 367 g/mol. The van der Waals surface area contributed by atoms with E-state index in [-0.39, 0.29) is 5.91 Å². The minimum absolute atomic E-state index is 0.211. The van der Waals surface area contributed by atoms with E-state index in [9.17, 15) is 4.79 Å². The maximum Gasteiger partial charge on any atom is 0.257 e. The Morgan fingerprint density at radius 3 is 2.69 bits per heavy atom. The lowest BCUT2D eigenvalue weighted by Crippen LogP contribution is -2.11. The average Bonchev–Trinajstić information content (AvgIpc) is 3.11. The standard InChI is InChI=1S/C20H21N3O2S/c1-3-4-12-25-17-10-8-15(9-11-17)18(24)21-20-23-22-19(26-20)16-7-5-6-14(2)13-16/h5-11,13H,3-4,12H2,1-2H3,(H,21,23,24). The normalized spacial score (nSPS) is 10.5.